The first kappa shape index (κ1) is 15.6. The molecule has 0 radical (unpaired) electrons. The summed E-state index contributed by atoms with van der Waals surface area (Å²) in [6.45, 7) is 1.26. The summed E-state index contributed by atoms with van der Waals surface area (Å²) in [5.41, 5.74) is 0.735. The SMILES string of the molecule is COc1ccc(/C=C/C(NC(C)=O)C(=O)O)cc1OC. The lowest BCUT2D eigenvalue weighted by molar-refractivity contribution is -0.140. The number of rotatable bonds is 6. The van der Waals surface area contributed by atoms with E-state index in [1.807, 2.05) is 0 Å². The molecule has 0 bridgehead atoms. The molecule has 6 heteroatoms. The first-order chi connectivity index (χ1) is 9.47. The normalized spacial score (nSPS) is 11.9. The van der Waals surface area contributed by atoms with Crippen LogP contribution in [0.15, 0.2) is 24.3 Å². The monoisotopic (exact) mass is 279 g/mol. The van der Waals surface area contributed by atoms with Crippen molar-refractivity contribution in [2.75, 3.05) is 14.2 Å². The molecule has 0 aliphatic carbocycles. The Morgan fingerprint density at radius 2 is 1.90 bits per heavy atom. The number of nitrogens with one attached hydrogen (secondary N) is 1. The standard InChI is InChI=1S/C14H17NO5/c1-9(16)15-11(14(17)18)6-4-10-5-7-12(19-2)13(8-10)20-3/h4-8,11H,1-3H3,(H,15,16)(H,17,18)/b6-4+. The van der Waals surface area contributed by atoms with Crippen LogP contribution in [0.4, 0.5) is 0 Å². The topological polar surface area (TPSA) is 84.9 Å². The summed E-state index contributed by atoms with van der Waals surface area (Å²) in [6, 6.07) is 4.11. The van der Waals surface area contributed by atoms with Crippen molar-refractivity contribution < 1.29 is 24.2 Å². The Bertz CT molecular complexity index is 524. The van der Waals surface area contributed by atoms with Crippen molar-refractivity contribution in [3.8, 4) is 11.5 Å². The van der Waals surface area contributed by atoms with Crippen molar-refractivity contribution >= 4 is 18.0 Å². The molecule has 1 rings (SSSR count). The predicted molar refractivity (Wildman–Crippen MR) is 73.8 cm³/mol. The summed E-state index contributed by atoms with van der Waals surface area (Å²) in [4.78, 5) is 21.9. The number of hydrogen-bond donors (Lipinski definition) is 2. The summed E-state index contributed by atoms with van der Waals surface area (Å²) in [5.74, 6) is -0.409. The van der Waals surface area contributed by atoms with Gasteiger partial charge in [0.1, 0.15) is 6.04 Å². The fraction of sp³-hybridized carbons (Fsp3) is 0.286. The van der Waals surface area contributed by atoms with Gasteiger partial charge in [0.15, 0.2) is 11.5 Å². The average molecular weight is 279 g/mol. The lowest BCUT2D eigenvalue weighted by atomic mass is 10.1. The third-order valence-corrected chi connectivity index (χ3v) is 2.51. The van der Waals surface area contributed by atoms with Crippen LogP contribution in [0.2, 0.25) is 0 Å². The fourth-order valence-corrected chi connectivity index (χ4v) is 1.57. The van der Waals surface area contributed by atoms with Crippen molar-refractivity contribution in [2.24, 2.45) is 0 Å². The van der Waals surface area contributed by atoms with Crippen LogP contribution < -0.4 is 14.8 Å². The minimum Gasteiger partial charge on any atom is -0.493 e. The lowest BCUT2D eigenvalue weighted by Crippen LogP contribution is -2.37. The largest absolute Gasteiger partial charge is 0.493 e. The summed E-state index contributed by atoms with van der Waals surface area (Å²) in [6.07, 6.45) is 2.99. The van der Waals surface area contributed by atoms with Crippen LogP contribution >= 0.6 is 0 Å². The van der Waals surface area contributed by atoms with Crippen LogP contribution in [0, 0.1) is 0 Å². The van der Waals surface area contributed by atoms with Gasteiger partial charge in [-0.3, -0.25) is 4.79 Å². The molecule has 6 nitrogen and oxygen atoms in total. The van der Waals surface area contributed by atoms with E-state index in [9.17, 15) is 9.59 Å². The van der Waals surface area contributed by atoms with E-state index >= 15 is 0 Å². The number of amides is 1. The molecule has 0 spiro atoms. The smallest absolute Gasteiger partial charge is 0.330 e. The maximum absolute atomic E-state index is 11.0. The molecule has 0 heterocycles. The Morgan fingerprint density at radius 1 is 1.25 bits per heavy atom. The van der Waals surface area contributed by atoms with Crippen LogP contribution in [0.25, 0.3) is 6.08 Å². The molecule has 1 atom stereocenters. The maximum Gasteiger partial charge on any atom is 0.330 e. The molecule has 0 fully saturated rings. The highest BCUT2D eigenvalue weighted by Crippen LogP contribution is 2.27. The van der Waals surface area contributed by atoms with Gasteiger partial charge in [-0.25, -0.2) is 4.79 Å². The Hall–Kier alpha value is -2.50. The number of carbonyl (C=O) groups is 2. The van der Waals surface area contributed by atoms with Crippen molar-refractivity contribution in [1.29, 1.82) is 0 Å². The van der Waals surface area contributed by atoms with E-state index in [2.05, 4.69) is 5.32 Å². The number of hydrogen-bond acceptors (Lipinski definition) is 4. The van der Waals surface area contributed by atoms with Crippen LogP contribution in [-0.4, -0.2) is 37.2 Å². The molecule has 0 aromatic heterocycles. The average Bonchev–Trinajstić information content (AvgIpc) is 2.42. The first-order valence-corrected chi connectivity index (χ1v) is 5.88. The third kappa shape index (κ3) is 4.31. The Kier molecular flexibility index (Phi) is 5.58. The maximum atomic E-state index is 11.0. The second-order valence-electron chi connectivity index (χ2n) is 3.99. The van der Waals surface area contributed by atoms with Crippen molar-refractivity contribution in [1.82, 2.24) is 5.32 Å². The van der Waals surface area contributed by atoms with Crippen LogP contribution in [0.5, 0.6) is 11.5 Å². The van der Waals surface area contributed by atoms with Crippen LogP contribution in [-0.2, 0) is 9.59 Å². The van der Waals surface area contributed by atoms with E-state index in [0.717, 1.165) is 5.56 Å². The number of carboxylic acids is 1. The number of methoxy groups -OCH3 is 2. The van der Waals surface area contributed by atoms with Gasteiger partial charge in [-0.2, -0.15) is 0 Å². The van der Waals surface area contributed by atoms with E-state index in [1.54, 1.807) is 24.3 Å². The molecule has 2 N–H and O–H groups in total. The minimum absolute atomic E-state index is 0.408. The number of aliphatic carboxylic acids is 1. The third-order valence-electron chi connectivity index (χ3n) is 2.51. The van der Waals surface area contributed by atoms with E-state index in [1.165, 1.54) is 27.2 Å². The summed E-state index contributed by atoms with van der Waals surface area (Å²) in [5, 5.41) is 11.3. The van der Waals surface area contributed by atoms with E-state index in [4.69, 9.17) is 14.6 Å². The molecule has 1 unspecified atom stereocenters. The Balaban J connectivity index is 2.92. The summed E-state index contributed by atoms with van der Waals surface area (Å²) in [7, 11) is 3.05. The van der Waals surface area contributed by atoms with E-state index in [0.29, 0.717) is 11.5 Å². The van der Waals surface area contributed by atoms with Crippen molar-refractivity contribution in [2.45, 2.75) is 13.0 Å². The molecule has 1 amide bonds. The zero-order chi connectivity index (χ0) is 15.1. The number of carboxylic acid groups (broad SMARTS) is 1. The summed E-state index contributed by atoms with van der Waals surface area (Å²) >= 11 is 0. The van der Waals surface area contributed by atoms with Gasteiger partial charge in [0.2, 0.25) is 5.91 Å². The van der Waals surface area contributed by atoms with Crippen molar-refractivity contribution in [3.63, 3.8) is 0 Å². The quantitative estimate of drug-likeness (QED) is 0.820. The second kappa shape index (κ2) is 7.18. The number of benzene rings is 1. The molecule has 1 aromatic rings. The molecule has 20 heavy (non-hydrogen) atoms. The molecule has 0 saturated heterocycles. The van der Waals surface area contributed by atoms with Gasteiger partial charge < -0.3 is 19.9 Å². The fourth-order valence-electron chi connectivity index (χ4n) is 1.57. The van der Waals surface area contributed by atoms with E-state index in [-0.39, 0.29) is 0 Å². The molecular weight excluding hydrogens is 262 g/mol. The van der Waals surface area contributed by atoms with Gasteiger partial charge in [0, 0.05) is 6.92 Å². The molecule has 0 saturated carbocycles. The molecule has 108 valence electrons. The number of ether oxygens (including phenoxy) is 2. The van der Waals surface area contributed by atoms with Crippen LogP contribution in [0.1, 0.15) is 12.5 Å². The second-order valence-corrected chi connectivity index (χ2v) is 3.99. The molecule has 0 aliphatic rings. The van der Waals surface area contributed by atoms with Gasteiger partial charge in [-0.15, -0.1) is 0 Å². The minimum atomic E-state index is -1.13. The van der Waals surface area contributed by atoms with Gasteiger partial charge in [-0.1, -0.05) is 18.2 Å². The van der Waals surface area contributed by atoms with Crippen molar-refractivity contribution in [3.05, 3.63) is 29.8 Å². The predicted octanol–water partition coefficient (Wildman–Crippen LogP) is 1.31. The lowest BCUT2D eigenvalue weighted by Gasteiger charge is -2.09. The Labute approximate surface area is 117 Å². The molecule has 1 aromatic carbocycles. The van der Waals surface area contributed by atoms with Gasteiger partial charge in [0.25, 0.3) is 0 Å². The molecular formula is C14H17NO5. The highest BCUT2D eigenvalue weighted by atomic mass is 16.5. The van der Waals surface area contributed by atoms with Gasteiger partial charge >= 0.3 is 5.97 Å². The van der Waals surface area contributed by atoms with Gasteiger partial charge in [0.05, 0.1) is 14.2 Å². The van der Waals surface area contributed by atoms with Crippen LogP contribution in [0.3, 0.4) is 0 Å². The van der Waals surface area contributed by atoms with E-state index < -0.39 is 17.9 Å². The zero-order valence-electron chi connectivity index (χ0n) is 11.5. The highest BCUT2D eigenvalue weighted by Gasteiger charge is 2.14. The number of carbonyl (C=O) groups excluding carboxylic acids is 1. The highest BCUT2D eigenvalue weighted by molar-refractivity contribution is 5.84. The summed E-state index contributed by atoms with van der Waals surface area (Å²) < 4.78 is 10.3. The molecule has 0 aliphatic heterocycles. The first-order valence-electron chi connectivity index (χ1n) is 5.88. The Morgan fingerprint density at radius 3 is 2.40 bits per heavy atom. The van der Waals surface area contributed by atoms with Gasteiger partial charge in [-0.05, 0) is 17.7 Å². The zero-order valence-corrected chi connectivity index (χ0v) is 11.5.